The van der Waals surface area contributed by atoms with E-state index in [0.717, 1.165) is 24.1 Å². The minimum atomic E-state index is -0.888. The van der Waals surface area contributed by atoms with E-state index in [2.05, 4.69) is 31.3 Å². The molecular weight excluding hydrogens is 322 g/mol. The van der Waals surface area contributed by atoms with Crippen LogP contribution in [0.1, 0.15) is 94.0 Å². The molecule has 0 atom stereocenters. The number of carbonyl (C=O) groups is 1. The second kappa shape index (κ2) is 14.2. The van der Waals surface area contributed by atoms with Crippen LogP contribution in [0.2, 0.25) is 0 Å². The lowest BCUT2D eigenvalue weighted by molar-refractivity contribution is 0.0697. The van der Waals surface area contributed by atoms with E-state index < -0.39 is 5.97 Å². The maximum Gasteiger partial charge on any atom is 0.335 e. The third kappa shape index (κ3) is 9.45. The van der Waals surface area contributed by atoms with Crippen LogP contribution in [-0.2, 0) is 0 Å². The largest absolute Gasteiger partial charge is 0.478 e. The normalized spacial score (nSPS) is 11.5. The summed E-state index contributed by atoms with van der Waals surface area (Å²) in [5.41, 5.74) is 2.20. The number of anilines is 1. The van der Waals surface area contributed by atoms with Crippen LogP contribution >= 0.6 is 0 Å². The number of rotatable bonds is 14. The van der Waals surface area contributed by atoms with Gasteiger partial charge in [-0.1, -0.05) is 70.6 Å². The van der Waals surface area contributed by atoms with E-state index in [1.807, 2.05) is 18.3 Å². The summed E-state index contributed by atoms with van der Waals surface area (Å²) in [6.07, 6.45) is 20.4. The molecule has 2 N–H and O–H groups in total. The molecule has 0 amide bonds. The van der Waals surface area contributed by atoms with Gasteiger partial charge in [0.25, 0.3) is 0 Å². The van der Waals surface area contributed by atoms with Gasteiger partial charge in [0.1, 0.15) is 0 Å². The summed E-state index contributed by atoms with van der Waals surface area (Å²) in [4.78, 5) is 11.2. The predicted octanol–water partition coefficient (Wildman–Crippen LogP) is 7.26. The Hall–Kier alpha value is -2.03. The maximum absolute atomic E-state index is 11.2. The first-order valence-corrected chi connectivity index (χ1v) is 10.1. The standard InChI is InChI=1S/C23H35NO2/c1-3-5-7-9-11-13-15-20-19-21(23(25)26)16-17-22(20)24-18-14-12-10-8-6-4-2/h13-19,24H,3-12H2,1-2H3,(H,25,26). The van der Waals surface area contributed by atoms with Crippen LogP contribution in [0.15, 0.2) is 36.6 Å². The van der Waals surface area contributed by atoms with Gasteiger partial charge in [-0.2, -0.15) is 0 Å². The summed E-state index contributed by atoms with van der Waals surface area (Å²) < 4.78 is 0. The van der Waals surface area contributed by atoms with Crippen molar-refractivity contribution in [3.63, 3.8) is 0 Å². The minimum absolute atomic E-state index is 0.324. The quantitative estimate of drug-likeness (QED) is 0.344. The van der Waals surface area contributed by atoms with E-state index in [4.69, 9.17) is 0 Å². The van der Waals surface area contributed by atoms with Gasteiger partial charge in [-0.05, 0) is 55.6 Å². The number of unbranched alkanes of at least 4 members (excludes halogenated alkanes) is 8. The van der Waals surface area contributed by atoms with E-state index in [1.54, 1.807) is 12.1 Å². The summed E-state index contributed by atoms with van der Waals surface area (Å²) >= 11 is 0. The molecule has 0 aliphatic rings. The Morgan fingerprint density at radius 3 is 2.23 bits per heavy atom. The number of nitrogens with one attached hydrogen (secondary N) is 1. The highest BCUT2D eigenvalue weighted by Gasteiger charge is 2.06. The Morgan fingerprint density at radius 2 is 1.62 bits per heavy atom. The van der Waals surface area contributed by atoms with Gasteiger partial charge < -0.3 is 10.4 Å². The zero-order valence-electron chi connectivity index (χ0n) is 16.5. The number of carboxylic acid groups (broad SMARTS) is 1. The third-order valence-electron chi connectivity index (χ3n) is 4.40. The van der Waals surface area contributed by atoms with Crippen LogP contribution < -0.4 is 5.32 Å². The van der Waals surface area contributed by atoms with Gasteiger partial charge in [0.2, 0.25) is 0 Å². The van der Waals surface area contributed by atoms with E-state index in [-0.39, 0.29) is 0 Å². The molecule has 0 saturated heterocycles. The van der Waals surface area contributed by atoms with Gasteiger partial charge >= 0.3 is 5.97 Å². The predicted molar refractivity (Wildman–Crippen MR) is 113 cm³/mol. The van der Waals surface area contributed by atoms with Gasteiger partial charge in [-0.25, -0.2) is 4.79 Å². The SMILES string of the molecule is CCCCCCC=CNc1ccc(C(=O)O)cc1C=CCCCCCC. The molecule has 1 rings (SSSR count). The summed E-state index contributed by atoms with van der Waals surface area (Å²) in [5.74, 6) is -0.888. The van der Waals surface area contributed by atoms with Gasteiger partial charge in [-0.15, -0.1) is 0 Å². The van der Waals surface area contributed by atoms with E-state index in [9.17, 15) is 9.90 Å². The molecule has 3 heteroatoms. The summed E-state index contributed by atoms with van der Waals surface area (Å²) in [6, 6.07) is 5.24. The van der Waals surface area contributed by atoms with Crippen molar-refractivity contribution in [3.05, 3.63) is 47.7 Å². The molecule has 0 aromatic heterocycles. The van der Waals surface area contributed by atoms with Crippen LogP contribution in [0.25, 0.3) is 6.08 Å². The molecule has 0 unspecified atom stereocenters. The average molecular weight is 358 g/mol. The lowest BCUT2D eigenvalue weighted by atomic mass is 10.1. The van der Waals surface area contributed by atoms with Crippen LogP contribution in [0.4, 0.5) is 5.69 Å². The Balaban J connectivity index is 2.63. The second-order valence-corrected chi connectivity index (χ2v) is 6.75. The van der Waals surface area contributed by atoms with E-state index in [1.165, 1.54) is 51.4 Å². The number of aromatic carboxylic acids is 1. The molecular formula is C23H35NO2. The molecule has 3 nitrogen and oxygen atoms in total. The maximum atomic E-state index is 11.2. The highest BCUT2D eigenvalue weighted by atomic mass is 16.4. The second-order valence-electron chi connectivity index (χ2n) is 6.75. The Bertz CT molecular complexity index is 576. The Morgan fingerprint density at radius 1 is 0.962 bits per heavy atom. The van der Waals surface area contributed by atoms with Crippen molar-refractivity contribution in [3.8, 4) is 0 Å². The number of hydrogen-bond acceptors (Lipinski definition) is 2. The van der Waals surface area contributed by atoms with Gasteiger partial charge in [-0.3, -0.25) is 0 Å². The zero-order chi connectivity index (χ0) is 19.0. The van der Waals surface area contributed by atoms with Crippen molar-refractivity contribution in [1.82, 2.24) is 0 Å². The first-order chi connectivity index (χ1) is 12.7. The molecule has 144 valence electrons. The fourth-order valence-corrected chi connectivity index (χ4v) is 2.79. The third-order valence-corrected chi connectivity index (χ3v) is 4.40. The van der Waals surface area contributed by atoms with Crippen LogP contribution in [-0.4, -0.2) is 11.1 Å². The molecule has 1 aromatic rings. The Labute approximate surface area is 159 Å². The molecule has 0 saturated carbocycles. The molecule has 0 heterocycles. The first kappa shape index (κ1) is 22.0. The summed E-state index contributed by atoms with van der Waals surface area (Å²) in [7, 11) is 0. The fraction of sp³-hybridized carbons (Fsp3) is 0.522. The smallest absolute Gasteiger partial charge is 0.335 e. The van der Waals surface area contributed by atoms with E-state index in [0.29, 0.717) is 5.56 Å². The first-order valence-electron chi connectivity index (χ1n) is 10.1. The molecule has 0 spiro atoms. The van der Waals surface area contributed by atoms with Crippen molar-refractivity contribution in [2.24, 2.45) is 0 Å². The molecule has 1 aromatic carbocycles. The van der Waals surface area contributed by atoms with E-state index >= 15 is 0 Å². The van der Waals surface area contributed by atoms with Crippen LogP contribution in [0.3, 0.4) is 0 Å². The topological polar surface area (TPSA) is 49.3 Å². The average Bonchev–Trinajstić information content (AvgIpc) is 2.64. The lowest BCUT2D eigenvalue weighted by Crippen LogP contribution is -1.99. The molecule has 0 fully saturated rings. The number of allylic oxidation sites excluding steroid dienone is 2. The summed E-state index contributed by atoms with van der Waals surface area (Å²) in [5, 5.41) is 12.5. The molecule has 0 radical (unpaired) electrons. The number of benzene rings is 1. The van der Waals surface area contributed by atoms with Crippen molar-refractivity contribution < 1.29 is 9.90 Å². The van der Waals surface area contributed by atoms with Crippen LogP contribution in [0, 0.1) is 0 Å². The number of hydrogen-bond donors (Lipinski definition) is 2. The monoisotopic (exact) mass is 357 g/mol. The minimum Gasteiger partial charge on any atom is -0.478 e. The van der Waals surface area contributed by atoms with Crippen molar-refractivity contribution in [2.45, 2.75) is 78.1 Å². The Kier molecular flexibility index (Phi) is 12.0. The molecule has 0 aliphatic heterocycles. The van der Waals surface area contributed by atoms with Gasteiger partial charge in [0.15, 0.2) is 0 Å². The summed E-state index contributed by atoms with van der Waals surface area (Å²) in [6.45, 7) is 4.43. The van der Waals surface area contributed by atoms with Crippen molar-refractivity contribution >= 4 is 17.7 Å². The molecule has 0 aliphatic carbocycles. The molecule has 26 heavy (non-hydrogen) atoms. The van der Waals surface area contributed by atoms with Gasteiger partial charge in [0.05, 0.1) is 5.56 Å². The van der Waals surface area contributed by atoms with Crippen LogP contribution in [0.5, 0.6) is 0 Å². The van der Waals surface area contributed by atoms with Crippen molar-refractivity contribution in [2.75, 3.05) is 5.32 Å². The van der Waals surface area contributed by atoms with Gasteiger partial charge in [0, 0.05) is 5.69 Å². The highest BCUT2D eigenvalue weighted by molar-refractivity contribution is 5.89. The lowest BCUT2D eigenvalue weighted by Gasteiger charge is -2.07. The number of carboxylic acids is 1. The fourth-order valence-electron chi connectivity index (χ4n) is 2.79. The molecule has 0 bridgehead atoms. The highest BCUT2D eigenvalue weighted by Crippen LogP contribution is 2.20. The van der Waals surface area contributed by atoms with Crippen molar-refractivity contribution in [1.29, 1.82) is 0 Å². The zero-order valence-corrected chi connectivity index (χ0v) is 16.5.